The molecular formula is C23H28O3. The Kier molecular flexibility index (Phi) is 7.01. The molecule has 0 unspecified atom stereocenters. The third-order valence-corrected chi connectivity index (χ3v) is 4.82. The lowest BCUT2D eigenvalue weighted by Gasteiger charge is -2.39. The Hall–Kier alpha value is -1.94. The molecule has 0 saturated carbocycles. The predicted octanol–water partition coefficient (Wildman–Crippen LogP) is 5.15. The molecular weight excluding hydrogens is 324 g/mol. The summed E-state index contributed by atoms with van der Waals surface area (Å²) in [6.45, 7) is 7.97. The molecule has 2 aromatic carbocycles. The van der Waals surface area contributed by atoms with Gasteiger partial charge in [0.1, 0.15) is 0 Å². The SMILES string of the molecule is C=CC[C@H](C)[C@@H]1O[C@H](c2ccccc2)OC[C@H]1COCc1ccccc1. The van der Waals surface area contributed by atoms with Crippen LogP contribution >= 0.6 is 0 Å². The standard InChI is InChI=1S/C23H28O3/c1-3-10-18(2)22-21(16-24-15-19-11-6-4-7-12-19)17-25-23(26-22)20-13-8-5-9-14-20/h3-9,11-14,18,21-23H,1,10,15-17H2,2H3/t18-,21+,22-,23+/m0/s1. The molecule has 3 rings (SSSR count). The van der Waals surface area contributed by atoms with E-state index < -0.39 is 0 Å². The lowest BCUT2D eigenvalue weighted by atomic mass is 9.89. The molecule has 0 bridgehead atoms. The zero-order valence-corrected chi connectivity index (χ0v) is 15.4. The second-order valence-electron chi connectivity index (χ2n) is 6.94. The molecule has 26 heavy (non-hydrogen) atoms. The molecule has 1 saturated heterocycles. The predicted molar refractivity (Wildman–Crippen MR) is 104 cm³/mol. The first kappa shape index (κ1) is 18.8. The third kappa shape index (κ3) is 5.04. The number of hydrogen-bond acceptors (Lipinski definition) is 3. The van der Waals surface area contributed by atoms with Gasteiger partial charge < -0.3 is 14.2 Å². The van der Waals surface area contributed by atoms with Crippen LogP contribution in [0.15, 0.2) is 73.3 Å². The molecule has 1 heterocycles. The van der Waals surface area contributed by atoms with Crippen LogP contribution in [0.4, 0.5) is 0 Å². The van der Waals surface area contributed by atoms with Crippen molar-refractivity contribution in [2.24, 2.45) is 11.8 Å². The Balaban J connectivity index is 1.61. The van der Waals surface area contributed by atoms with Crippen molar-refractivity contribution in [3.8, 4) is 0 Å². The normalized spacial score (nSPS) is 24.1. The van der Waals surface area contributed by atoms with Crippen LogP contribution in [-0.4, -0.2) is 19.3 Å². The van der Waals surface area contributed by atoms with E-state index in [0.29, 0.717) is 25.7 Å². The van der Waals surface area contributed by atoms with E-state index in [-0.39, 0.29) is 18.3 Å². The first-order valence-electron chi connectivity index (χ1n) is 9.32. The largest absolute Gasteiger partial charge is 0.376 e. The highest BCUT2D eigenvalue weighted by atomic mass is 16.7. The average Bonchev–Trinajstić information content (AvgIpc) is 2.70. The van der Waals surface area contributed by atoms with Gasteiger partial charge in [0.15, 0.2) is 6.29 Å². The van der Waals surface area contributed by atoms with Crippen LogP contribution in [0, 0.1) is 11.8 Å². The molecule has 4 atom stereocenters. The van der Waals surface area contributed by atoms with Gasteiger partial charge in [-0.05, 0) is 17.9 Å². The molecule has 0 radical (unpaired) electrons. The van der Waals surface area contributed by atoms with Crippen LogP contribution in [0.2, 0.25) is 0 Å². The Morgan fingerprint density at radius 3 is 2.50 bits per heavy atom. The molecule has 3 heteroatoms. The minimum Gasteiger partial charge on any atom is -0.376 e. The smallest absolute Gasteiger partial charge is 0.184 e. The summed E-state index contributed by atoms with van der Waals surface area (Å²) in [5, 5.41) is 0. The molecule has 3 nitrogen and oxygen atoms in total. The molecule has 0 spiro atoms. The van der Waals surface area contributed by atoms with Crippen LogP contribution in [0.5, 0.6) is 0 Å². The summed E-state index contributed by atoms with van der Waals surface area (Å²) in [6.07, 6.45) is 2.66. The molecule has 1 fully saturated rings. The third-order valence-electron chi connectivity index (χ3n) is 4.82. The number of allylic oxidation sites excluding steroid dienone is 1. The van der Waals surface area contributed by atoms with Crippen LogP contribution in [0.25, 0.3) is 0 Å². The number of rotatable bonds is 8. The maximum atomic E-state index is 6.35. The van der Waals surface area contributed by atoms with Gasteiger partial charge in [-0.3, -0.25) is 0 Å². The van der Waals surface area contributed by atoms with Gasteiger partial charge in [-0.2, -0.15) is 0 Å². The summed E-state index contributed by atoms with van der Waals surface area (Å²) < 4.78 is 18.3. The zero-order valence-electron chi connectivity index (χ0n) is 15.4. The molecule has 0 aliphatic carbocycles. The summed E-state index contributed by atoms with van der Waals surface area (Å²) in [4.78, 5) is 0. The Morgan fingerprint density at radius 2 is 1.81 bits per heavy atom. The minimum atomic E-state index is -0.307. The van der Waals surface area contributed by atoms with Crippen molar-refractivity contribution in [3.05, 3.63) is 84.4 Å². The lowest BCUT2D eigenvalue weighted by molar-refractivity contribution is -0.259. The fourth-order valence-electron chi connectivity index (χ4n) is 3.43. The van der Waals surface area contributed by atoms with E-state index in [2.05, 4.69) is 25.6 Å². The quantitative estimate of drug-likeness (QED) is 0.615. The summed E-state index contributed by atoms with van der Waals surface area (Å²) in [7, 11) is 0. The van der Waals surface area contributed by atoms with Gasteiger partial charge in [-0.1, -0.05) is 73.7 Å². The van der Waals surface area contributed by atoms with E-state index >= 15 is 0 Å². The van der Waals surface area contributed by atoms with Crippen molar-refractivity contribution in [2.45, 2.75) is 32.3 Å². The van der Waals surface area contributed by atoms with Gasteiger partial charge in [0.25, 0.3) is 0 Å². The molecule has 1 aliphatic heterocycles. The fourth-order valence-corrected chi connectivity index (χ4v) is 3.43. The monoisotopic (exact) mass is 352 g/mol. The first-order chi connectivity index (χ1) is 12.8. The second kappa shape index (κ2) is 9.67. The van der Waals surface area contributed by atoms with E-state index in [9.17, 15) is 0 Å². The second-order valence-corrected chi connectivity index (χ2v) is 6.94. The van der Waals surface area contributed by atoms with Crippen LogP contribution in [-0.2, 0) is 20.8 Å². The van der Waals surface area contributed by atoms with E-state index in [4.69, 9.17) is 14.2 Å². The summed E-state index contributed by atoms with van der Waals surface area (Å²) in [5.74, 6) is 0.585. The molecule has 1 aliphatic rings. The maximum Gasteiger partial charge on any atom is 0.184 e. The Morgan fingerprint density at radius 1 is 1.12 bits per heavy atom. The van der Waals surface area contributed by atoms with E-state index in [0.717, 1.165) is 12.0 Å². The Bertz CT molecular complexity index is 654. The maximum absolute atomic E-state index is 6.35. The van der Waals surface area contributed by atoms with Crippen LogP contribution in [0.3, 0.4) is 0 Å². The van der Waals surface area contributed by atoms with E-state index in [1.165, 1.54) is 5.56 Å². The van der Waals surface area contributed by atoms with Gasteiger partial charge in [0.2, 0.25) is 0 Å². The first-order valence-corrected chi connectivity index (χ1v) is 9.32. The van der Waals surface area contributed by atoms with E-state index in [1.54, 1.807) is 0 Å². The van der Waals surface area contributed by atoms with Crippen molar-refractivity contribution >= 4 is 0 Å². The number of ether oxygens (including phenoxy) is 3. The average molecular weight is 352 g/mol. The number of hydrogen-bond donors (Lipinski definition) is 0. The number of benzene rings is 2. The van der Waals surface area contributed by atoms with Gasteiger partial charge in [-0.25, -0.2) is 0 Å². The van der Waals surface area contributed by atoms with Crippen molar-refractivity contribution in [2.75, 3.05) is 13.2 Å². The topological polar surface area (TPSA) is 27.7 Å². The van der Waals surface area contributed by atoms with E-state index in [1.807, 2.05) is 54.6 Å². The fraction of sp³-hybridized carbons (Fsp3) is 0.391. The highest BCUT2D eigenvalue weighted by Gasteiger charge is 2.35. The van der Waals surface area contributed by atoms with Gasteiger partial charge in [0.05, 0.1) is 25.9 Å². The molecule has 0 amide bonds. The van der Waals surface area contributed by atoms with Gasteiger partial charge in [-0.15, -0.1) is 6.58 Å². The highest BCUT2D eigenvalue weighted by molar-refractivity contribution is 5.16. The van der Waals surface area contributed by atoms with Crippen LogP contribution < -0.4 is 0 Å². The molecule has 2 aromatic rings. The summed E-state index contributed by atoms with van der Waals surface area (Å²) >= 11 is 0. The molecule has 138 valence electrons. The van der Waals surface area contributed by atoms with Crippen molar-refractivity contribution in [3.63, 3.8) is 0 Å². The zero-order chi connectivity index (χ0) is 18.2. The molecule has 0 aromatic heterocycles. The van der Waals surface area contributed by atoms with Crippen molar-refractivity contribution < 1.29 is 14.2 Å². The van der Waals surface area contributed by atoms with Gasteiger partial charge in [0, 0.05) is 11.5 Å². The van der Waals surface area contributed by atoms with Crippen molar-refractivity contribution in [1.29, 1.82) is 0 Å². The van der Waals surface area contributed by atoms with Gasteiger partial charge >= 0.3 is 0 Å². The lowest BCUT2D eigenvalue weighted by Crippen LogP contribution is -2.42. The molecule has 0 N–H and O–H groups in total. The highest BCUT2D eigenvalue weighted by Crippen LogP contribution is 2.34. The van der Waals surface area contributed by atoms with Crippen LogP contribution in [0.1, 0.15) is 30.8 Å². The summed E-state index contributed by atoms with van der Waals surface area (Å²) in [5.41, 5.74) is 2.25. The minimum absolute atomic E-state index is 0.0859. The Labute approximate surface area is 156 Å². The van der Waals surface area contributed by atoms with Crippen molar-refractivity contribution in [1.82, 2.24) is 0 Å². The summed E-state index contributed by atoms with van der Waals surface area (Å²) in [6, 6.07) is 20.4.